The number of hydrogen-bond donors (Lipinski definition) is 1. The van der Waals surface area contributed by atoms with E-state index in [9.17, 15) is 18.0 Å². The second-order valence-corrected chi connectivity index (χ2v) is 6.18. The topological polar surface area (TPSA) is 37.3 Å². The van der Waals surface area contributed by atoms with Crippen LogP contribution in [0.5, 0.6) is 0 Å². The predicted molar refractivity (Wildman–Crippen MR) is 71.3 cm³/mol. The highest BCUT2D eigenvalue weighted by molar-refractivity contribution is 5.88. The summed E-state index contributed by atoms with van der Waals surface area (Å²) < 4.78 is 38.6. The van der Waals surface area contributed by atoms with Crippen molar-refractivity contribution < 1.29 is 23.1 Å². The van der Waals surface area contributed by atoms with Crippen LogP contribution >= 0.6 is 0 Å². The summed E-state index contributed by atoms with van der Waals surface area (Å²) in [6.45, 7) is 0. The smallest absolute Gasteiger partial charge is 0.391 e. The third-order valence-electron chi connectivity index (χ3n) is 5.02. The van der Waals surface area contributed by atoms with Gasteiger partial charge in [0, 0.05) is 0 Å². The highest BCUT2D eigenvalue weighted by Gasteiger charge is 2.46. The van der Waals surface area contributed by atoms with Crippen LogP contribution in [0.3, 0.4) is 0 Å². The maximum Gasteiger partial charge on any atom is 0.391 e. The van der Waals surface area contributed by atoms with E-state index in [0.717, 1.165) is 17.5 Å². The van der Waals surface area contributed by atoms with Crippen LogP contribution in [0.15, 0.2) is 18.2 Å². The van der Waals surface area contributed by atoms with Crippen LogP contribution in [-0.2, 0) is 6.42 Å². The van der Waals surface area contributed by atoms with E-state index in [-0.39, 0.29) is 30.2 Å². The standard InChI is InChI=1S/C16H17F3O2/c17-16(18,19)12-4-6-14-10(8-12)2-1-9-7-11(15(20)21)3-5-13(9)14/h3,5,7,10,12,14H,1-2,4,6,8H2,(H,20,21). The number of rotatable bonds is 1. The predicted octanol–water partition coefficient (Wildman–Crippen LogP) is 4.39. The molecule has 0 amide bonds. The first-order valence-electron chi connectivity index (χ1n) is 7.29. The molecule has 0 saturated heterocycles. The van der Waals surface area contributed by atoms with E-state index in [0.29, 0.717) is 12.8 Å². The summed E-state index contributed by atoms with van der Waals surface area (Å²) in [6, 6.07) is 5.06. The number of aromatic carboxylic acids is 1. The van der Waals surface area contributed by atoms with E-state index in [4.69, 9.17) is 5.11 Å². The quantitative estimate of drug-likeness (QED) is 0.834. The van der Waals surface area contributed by atoms with Crippen LogP contribution in [0, 0.1) is 11.8 Å². The van der Waals surface area contributed by atoms with Gasteiger partial charge in [0.25, 0.3) is 0 Å². The van der Waals surface area contributed by atoms with Gasteiger partial charge >= 0.3 is 12.1 Å². The minimum absolute atomic E-state index is 0.0774. The maximum absolute atomic E-state index is 12.9. The number of aryl methyl sites for hydroxylation is 1. The summed E-state index contributed by atoms with van der Waals surface area (Å²) in [5.41, 5.74) is 2.33. The average molecular weight is 298 g/mol. The molecular formula is C16H17F3O2. The Balaban J connectivity index is 1.84. The van der Waals surface area contributed by atoms with Crippen molar-refractivity contribution >= 4 is 5.97 Å². The van der Waals surface area contributed by atoms with Crippen molar-refractivity contribution in [3.8, 4) is 0 Å². The van der Waals surface area contributed by atoms with Crippen LogP contribution < -0.4 is 0 Å². The fraction of sp³-hybridized carbons (Fsp3) is 0.562. The van der Waals surface area contributed by atoms with Crippen LogP contribution in [0.2, 0.25) is 0 Å². The lowest BCUT2D eigenvalue weighted by Crippen LogP contribution is -2.34. The average Bonchev–Trinajstić information content (AvgIpc) is 2.44. The van der Waals surface area contributed by atoms with Crippen molar-refractivity contribution in [3.63, 3.8) is 0 Å². The number of carboxylic acids is 1. The zero-order chi connectivity index (χ0) is 15.2. The Hall–Kier alpha value is -1.52. The molecule has 1 fully saturated rings. The lowest BCUT2D eigenvalue weighted by atomic mass is 9.65. The number of halogens is 3. The number of benzene rings is 1. The highest BCUT2D eigenvalue weighted by Crippen LogP contribution is 2.50. The lowest BCUT2D eigenvalue weighted by molar-refractivity contribution is -0.187. The molecule has 1 N–H and O–H groups in total. The molecule has 1 saturated carbocycles. The van der Waals surface area contributed by atoms with Crippen molar-refractivity contribution in [2.45, 2.75) is 44.2 Å². The zero-order valence-electron chi connectivity index (χ0n) is 11.5. The Morgan fingerprint density at radius 1 is 1.19 bits per heavy atom. The Kier molecular flexibility index (Phi) is 3.46. The Labute approximate surface area is 121 Å². The van der Waals surface area contributed by atoms with Crippen LogP contribution in [0.1, 0.15) is 53.1 Å². The monoisotopic (exact) mass is 298 g/mol. The molecule has 114 valence electrons. The SMILES string of the molecule is O=C(O)c1ccc2c(c1)CCC1CC(C(F)(F)F)CCC21. The van der Waals surface area contributed by atoms with Gasteiger partial charge in [-0.2, -0.15) is 13.2 Å². The summed E-state index contributed by atoms with van der Waals surface area (Å²) in [5.74, 6) is -1.89. The fourth-order valence-electron chi connectivity index (χ4n) is 3.95. The summed E-state index contributed by atoms with van der Waals surface area (Å²) in [5, 5.41) is 9.02. The van der Waals surface area contributed by atoms with Gasteiger partial charge in [0.05, 0.1) is 11.5 Å². The first-order valence-corrected chi connectivity index (χ1v) is 7.29. The van der Waals surface area contributed by atoms with Crippen molar-refractivity contribution in [1.82, 2.24) is 0 Å². The summed E-state index contributed by atoms with van der Waals surface area (Å²) in [7, 11) is 0. The third kappa shape index (κ3) is 2.65. The summed E-state index contributed by atoms with van der Waals surface area (Å²) in [6.07, 6.45) is -1.72. The number of carboxylic acid groups (broad SMARTS) is 1. The first-order chi connectivity index (χ1) is 9.86. The normalized spacial score (nSPS) is 28.6. The van der Waals surface area contributed by atoms with Gasteiger partial charge in [-0.15, -0.1) is 0 Å². The van der Waals surface area contributed by atoms with Gasteiger partial charge < -0.3 is 5.11 Å². The molecule has 3 atom stereocenters. The van der Waals surface area contributed by atoms with Crippen molar-refractivity contribution in [2.75, 3.05) is 0 Å². The second-order valence-electron chi connectivity index (χ2n) is 6.18. The van der Waals surface area contributed by atoms with Crippen LogP contribution in [0.4, 0.5) is 13.2 Å². The molecule has 0 spiro atoms. The van der Waals surface area contributed by atoms with E-state index in [2.05, 4.69) is 0 Å². The van der Waals surface area contributed by atoms with Crippen molar-refractivity contribution in [1.29, 1.82) is 0 Å². The summed E-state index contributed by atoms with van der Waals surface area (Å²) in [4.78, 5) is 11.0. The largest absolute Gasteiger partial charge is 0.478 e. The minimum Gasteiger partial charge on any atom is -0.478 e. The molecule has 5 heteroatoms. The van der Waals surface area contributed by atoms with E-state index >= 15 is 0 Å². The Morgan fingerprint density at radius 2 is 1.95 bits per heavy atom. The van der Waals surface area contributed by atoms with E-state index in [1.54, 1.807) is 12.1 Å². The molecule has 0 aliphatic heterocycles. The van der Waals surface area contributed by atoms with E-state index in [1.807, 2.05) is 6.07 Å². The maximum atomic E-state index is 12.9. The molecule has 3 rings (SSSR count). The minimum atomic E-state index is -4.08. The third-order valence-corrected chi connectivity index (χ3v) is 5.02. The van der Waals surface area contributed by atoms with Crippen molar-refractivity contribution in [2.24, 2.45) is 11.8 Å². The molecule has 3 unspecified atom stereocenters. The Morgan fingerprint density at radius 3 is 2.62 bits per heavy atom. The number of hydrogen-bond acceptors (Lipinski definition) is 1. The molecule has 2 nitrogen and oxygen atoms in total. The molecule has 1 aromatic rings. The molecule has 2 aliphatic rings. The van der Waals surface area contributed by atoms with Gasteiger partial charge in [0.2, 0.25) is 0 Å². The van der Waals surface area contributed by atoms with E-state index in [1.165, 1.54) is 0 Å². The van der Waals surface area contributed by atoms with Gasteiger partial charge in [0.1, 0.15) is 0 Å². The number of carbonyl (C=O) groups is 1. The molecule has 21 heavy (non-hydrogen) atoms. The molecule has 1 aromatic carbocycles. The highest BCUT2D eigenvalue weighted by atomic mass is 19.4. The number of fused-ring (bicyclic) bond motifs is 3. The Bertz CT molecular complexity index is 565. The van der Waals surface area contributed by atoms with Crippen LogP contribution in [-0.4, -0.2) is 17.3 Å². The van der Waals surface area contributed by atoms with Gasteiger partial charge in [-0.25, -0.2) is 4.79 Å². The van der Waals surface area contributed by atoms with E-state index < -0.39 is 18.1 Å². The molecule has 0 radical (unpaired) electrons. The first kappa shape index (κ1) is 14.4. The van der Waals surface area contributed by atoms with Crippen LogP contribution in [0.25, 0.3) is 0 Å². The van der Waals surface area contributed by atoms with Gasteiger partial charge in [-0.3, -0.25) is 0 Å². The lowest BCUT2D eigenvalue weighted by Gasteiger charge is -2.41. The van der Waals surface area contributed by atoms with Gasteiger partial charge in [-0.1, -0.05) is 6.07 Å². The second kappa shape index (κ2) is 5.04. The van der Waals surface area contributed by atoms with Gasteiger partial charge in [0.15, 0.2) is 0 Å². The molecule has 0 aromatic heterocycles. The molecular weight excluding hydrogens is 281 g/mol. The van der Waals surface area contributed by atoms with Crippen molar-refractivity contribution in [3.05, 3.63) is 34.9 Å². The molecule has 0 heterocycles. The number of alkyl halides is 3. The fourth-order valence-corrected chi connectivity index (χ4v) is 3.95. The molecule has 2 aliphatic carbocycles. The molecule has 0 bridgehead atoms. The van der Waals surface area contributed by atoms with Gasteiger partial charge in [-0.05, 0) is 67.2 Å². The zero-order valence-corrected chi connectivity index (χ0v) is 11.5. The summed E-state index contributed by atoms with van der Waals surface area (Å²) >= 11 is 0.